The molecule has 0 unspecified atom stereocenters. The Kier molecular flexibility index (Phi) is 5.64. The van der Waals surface area contributed by atoms with Crippen molar-refractivity contribution in [1.82, 2.24) is 20.8 Å². The highest BCUT2D eigenvalue weighted by Crippen LogP contribution is 2.32. The number of aromatic amines is 1. The minimum atomic E-state index is -0.0996. The van der Waals surface area contributed by atoms with Gasteiger partial charge in [-0.15, -0.1) is 0 Å². The first-order valence-corrected chi connectivity index (χ1v) is 8.80. The third-order valence-corrected chi connectivity index (χ3v) is 4.86. The molecule has 0 bridgehead atoms. The van der Waals surface area contributed by atoms with E-state index in [1.165, 1.54) is 36.8 Å². The summed E-state index contributed by atoms with van der Waals surface area (Å²) in [5.41, 5.74) is 3.31. The largest absolute Gasteiger partial charge is 0.349 e. The number of H-pyrrole nitrogens is 1. The van der Waals surface area contributed by atoms with Gasteiger partial charge in [0.25, 0.3) is 5.91 Å². The highest BCUT2D eigenvalue weighted by Gasteiger charge is 2.21. The fourth-order valence-corrected chi connectivity index (χ4v) is 3.40. The highest BCUT2D eigenvalue weighted by atomic mass is 16.1. The number of hydrogen-bond donors (Lipinski definition) is 3. The van der Waals surface area contributed by atoms with E-state index < -0.39 is 0 Å². The molecule has 1 saturated carbocycles. The van der Waals surface area contributed by atoms with Gasteiger partial charge in [-0.1, -0.05) is 29.8 Å². The smallest absolute Gasteiger partial charge is 0.269 e. The average Bonchev–Trinajstić information content (AvgIpc) is 3.15. The molecular weight excluding hydrogens is 300 g/mol. The number of hydrogen-bond acceptors (Lipinski definition) is 3. The number of aryl methyl sites for hydroxylation is 1. The molecule has 0 saturated heterocycles. The van der Waals surface area contributed by atoms with Gasteiger partial charge in [-0.25, -0.2) is 0 Å². The Bertz CT molecular complexity index is 628. The molecule has 1 aliphatic carbocycles. The van der Waals surface area contributed by atoms with E-state index in [0.717, 1.165) is 6.54 Å². The third-order valence-electron chi connectivity index (χ3n) is 4.86. The molecular formula is C19H26N4O. The monoisotopic (exact) mass is 326 g/mol. The molecule has 1 amide bonds. The van der Waals surface area contributed by atoms with Crippen molar-refractivity contribution in [2.24, 2.45) is 0 Å². The molecule has 0 atom stereocenters. The van der Waals surface area contributed by atoms with Crippen LogP contribution in [0, 0.1) is 6.92 Å². The van der Waals surface area contributed by atoms with E-state index >= 15 is 0 Å². The summed E-state index contributed by atoms with van der Waals surface area (Å²) in [5, 5.41) is 12.9. The zero-order valence-electron chi connectivity index (χ0n) is 14.2. The van der Waals surface area contributed by atoms with E-state index in [2.05, 4.69) is 52.0 Å². The first-order valence-electron chi connectivity index (χ1n) is 8.80. The minimum Gasteiger partial charge on any atom is -0.349 e. The number of carbonyl (C=O) groups excluding carboxylic acids is 1. The molecule has 3 rings (SSSR count). The van der Waals surface area contributed by atoms with Crippen LogP contribution in [0.4, 0.5) is 0 Å². The van der Waals surface area contributed by atoms with E-state index in [1.807, 2.05) is 0 Å². The number of nitrogens with zero attached hydrogens (tertiary/aromatic N) is 1. The Hall–Kier alpha value is -2.14. The summed E-state index contributed by atoms with van der Waals surface area (Å²) in [6.45, 7) is 3.57. The molecule has 1 aliphatic rings. The van der Waals surface area contributed by atoms with Crippen molar-refractivity contribution in [2.45, 2.75) is 44.6 Å². The number of carbonyl (C=O) groups is 1. The number of aromatic nitrogens is 2. The van der Waals surface area contributed by atoms with Crippen molar-refractivity contribution in [3.63, 3.8) is 0 Å². The van der Waals surface area contributed by atoms with Crippen LogP contribution in [-0.2, 0) is 0 Å². The van der Waals surface area contributed by atoms with Gasteiger partial charge >= 0.3 is 0 Å². The summed E-state index contributed by atoms with van der Waals surface area (Å²) in [6.07, 6.45) is 6.46. The maximum absolute atomic E-state index is 11.8. The lowest BCUT2D eigenvalue weighted by Crippen LogP contribution is -2.38. The molecule has 5 nitrogen and oxygen atoms in total. The molecule has 24 heavy (non-hydrogen) atoms. The molecule has 0 spiro atoms. The van der Waals surface area contributed by atoms with E-state index in [0.29, 0.717) is 24.2 Å². The molecule has 0 radical (unpaired) electrons. The number of rotatable bonds is 6. The molecule has 3 N–H and O–H groups in total. The standard InChI is InChI=1S/C19H26N4O/c1-14-2-4-15(5-3-14)16-6-8-17(9-7-16)20-12-13-21-19(24)18-10-11-22-23-18/h2-5,10-11,16-17,20H,6-9,12-13H2,1H3,(H,21,24)(H,22,23). The Morgan fingerprint density at radius 2 is 1.88 bits per heavy atom. The zero-order chi connectivity index (χ0) is 16.8. The lowest BCUT2D eigenvalue weighted by molar-refractivity contribution is 0.0948. The van der Waals surface area contributed by atoms with Crippen LogP contribution >= 0.6 is 0 Å². The SMILES string of the molecule is Cc1ccc(C2CCC(NCCNC(=O)c3ccn[nH]3)CC2)cc1. The fourth-order valence-electron chi connectivity index (χ4n) is 3.40. The van der Waals surface area contributed by atoms with Crippen LogP contribution in [-0.4, -0.2) is 35.2 Å². The van der Waals surface area contributed by atoms with Crippen LogP contribution in [0.2, 0.25) is 0 Å². The van der Waals surface area contributed by atoms with E-state index in [-0.39, 0.29) is 5.91 Å². The first-order chi connectivity index (χ1) is 11.7. The van der Waals surface area contributed by atoms with Crippen LogP contribution in [0.5, 0.6) is 0 Å². The number of benzene rings is 1. The van der Waals surface area contributed by atoms with Gasteiger partial charge in [-0.05, 0) is 50.2 Å². The van der Waals surface area contributed by atoms with Crippen LogP contribution in [0.15, 0.2) is 36.5 Å². The van der Waals surface area contributed by atoms with Crippen LogP contribution < -0.4 is 10.6 Å². The molecule has 0 aliphatic heterocycles. The van der Waals surface area contributed by atoms with E-state index in [9.17, 15) is 4.79 Å². The average molecular weight is 326 g/mol. The van der Waals surface area contributed by atoms with Gasteiger partial charge < -0.3 is 10.6 Å². The van der Waals surface area contributed by atoms with Gasteiger partial charge in [0.05, 0.1) is 0 Å². The van der Waals surface area contributed by atoms with Gasteiger partial charge in [-0.2, -0.15) is 5.10 Å². The Morgan fingerprint density at radius 3 is 2.54 bits per heavy atom. The summed E-state index contributed by atoms with van der Waals surface area (Å²) < 4.78 is 0. The quantitative estimate of drug-likeness (QED) is 0.715. The molecule has 5 heteroatoms. The van der Waals surface area contributed by atoms with Crippen molar-refractivity contribution in [1.29, 1.82) is 0 Å². The van der Waals surface area contributed by atoms with Crippen molar-refractivity contribution in [3.05, 3.63) is 53.3 Å². The van der Waals surface area contributed by atoms with Gasteiger partial charge in [0.1, 0.15) is 5.69 Å². The number of nitrogens with one attached hydrogen (secondary N) is 3. The Labute approximate surface area is 143 Å². The Balaban J connectivity index is 1.34. The van der Waals surface area contributed by atoms with Crippen LogP contribution in [0.3, 0.4) is 0 Å². The minimum absolute atomic E-state index is 0.0996. The maximum atomic E-state index is 11.8. The molecule has 1 heterocycles. The van der Waals surface area contributed by atoms with Gasteiger partial charge in [0.2, 0.25) is 0 Å². The summed E-state index contributed by atoms with van der Waals surface area (Å²) in [4.78, 5) is 11.8. The van der Waals surface area contributed by atoms with Gasteiger partial charge in [-0.3, -0.25) is 9.89 Å². The predicted molar refractivity (Wildman–Crippen MR) is 95.1 cm³/mol. The number of amides is 1. The Morgan fingerprint density at radius 1 is 1.12 bits per heavy atom. The molecule has 1 fully saturated rings. The second-order valence-corrected chi connectivity index (χ2v) is 6.64. The van der Waals surface area contributed by atoms with Gasteiger partial charge in [0, 0.05) is 25.3 Å². The van der Waals surface area contributed by atoms with Gasteiger partial charge in [0.15, 0.2) is 0 Å². The first kappa shape index (κ1) is 16.7. The predicted octanol–water partition coefficient (Wildman–Crippen LogP) is 2.76. The normalized spacial score (nSPS) is 20.7. The maximum Gasteiger partial charge on any atom is 0.269 e. The summed E-state index contributed by atoms with van der Waals surface area (Å²) >= 11 is 0. The molecule has 1 aromatic heterocycles. The summed E-state index contributed by atoms with van der Waals surface area (Å²) in [6, 6.07) is 11.2. The fraction of sp³-hybridized carbons (Fsp3) is 0.474. The summed E-state index contributed by atoms with van der Waals surface area (Å²) in [5.74, 6) is 0.598. The summed E-state index contributed by atoms with van der Waals surface area (Å²) in [7, 11) is 0. The third kappa shape index (κ3) is 4.45. The lowest BCUT2D eigenvalue weighted by Gasteiger charge is -2.29. The zero-order valence-corrected chi connectivity index (χ0v) is 14.2. The topological polar surface area (TPSA) is 69.8 Å². The van der Waals surface area contributed by atoms with E-state index in [4.69, 9.17) is 0 Å². The van der Waals surface area contributed by atoms with Crippen molar-refractivity contribution >= 4 is 5.91 Å². The van der Waals surface area contributed by atoms with Crippen molar-refractivity contribution in [3.8, 4) is 0 Å². The highest BCUT2D eigenvalue weighted by molar-refractivity contribution is 5.92. The van der Waals surface area contributed by atoms with Crippen LogP contribution in [0.1, 0.15) is 53.2 Å². The van der Waals surface area contributed by atoms with E-state index in [1.54, 1.807) is 12.3 Å². The van der Waals surface area contributed by atoms with Crippen molar-refractivity contribution < 1.29 is 4.79 Å². The van der Waals surface area contributed by atoms with Crippen LogP contribution in [0.25, 0.3) is 0 Å². The second kappa shape index (κ2) is 8.11. The second-order valence-electron chi connectivity index (χ2n) is 6.64. The lowest BCUT2D eigenvalue weighted by atomic mass is 9.81. The molecule has 2 aromatic rings. The molecule has 128 valence electrons. The molecule has 1 aromatic carbocycles. The van der Waals surface area contributed by atoms with Crippen molar-refractivity contribution in [2.75, 3.05) is 13.1 Å².